The Kier molecular flexibility index (Phi) is 15.3. The van der Waals surface area contributed by atoms with Gasteiger partial charge in [-0.3, -0.25) is 0 Å². The van der Waals surface area contributed by atoms with E-state index in [1.54, 1.807) is 0 Å². The number of rotatable bonds is 16. The quantitative estimate of drug-likeness (QED) is 0.0905. The van der Waals surface area contributed by atoms with Crippen LogP contribution in [0.25, 0.3) is 91.1 Å². The number of aryl methyl sites for hydroxylation is 8. The summed E-state index contributed by atoms with van der Waals surface area (Å²) in [5, 5.41) is 0. The molecule has 0 amide bonds. The molecule has 9 heteroatoms. The fourth-order valence-electron chi connectivity index (χ4n) is 23.4. The van der Waals surface area contributed by atoms with E-state index in [1.807, 2.05) is 0 Å². The molecule has 8 aromatic carbocycles. The Morgan fingerprint density at radius 1 is 0.291 bits per heavy atom. The topological polar surface area (TPSA) is 52.6 Å². The normalized spacial score (nSPS) is 23.7. The van der Waals surface area contributed by atoms with Crippen LogP contribution in [0, 0.1) is 27.7 Å². The molecule has 103 heavy (non-hydrogen) atoms. The zero-order valence-corrected chi connectivity index (χ0v) is 68.2. The summed E-state index contributed by atoms with van der Waals surface area (Å²) in [4.78, 5) is 0. The molecule has 0 N–H and O–H groups in total. The molecular weight excluding hydrogens is 1500 g/mol. The molecule has 4 unspecified atom stereocenters. The van der Waals surface area contributed by atoms with Crippen LogP contribution in [0.5, 0.6) is 0 Å². The van der Waals surface area contributed by atoms with E-state index in [1.165, 1.54) is 44.5 Å². The number of fused-ring (bicyclic) bond motifs is 12. The van der Waals surface area contributed by atoms with Gasteiger partial charge < -0.3 is 0 Å². The standard InChI is InChI=1S/2C47H44O2Si.2ClH.Hf/c2*1-6-10-32-18-22-34(23-19-32)36-12-8-14-38-40(36)28-42(44-26-16-30(3)48-44)46(38)50(5)47-39-15-9-13-37(35-24-20-33(11-7-2)21-25-35)41(39)29-43(47)45-27-17-31(4)49-45;;;/h2*8-9,12-29,50H,6-7,10-11H2,1-5H3;2*1H;/q;;;;+2/p-2. The summed E-state index contributed by atoms with van der Waals surface area (Å²) >= 11 is -8.79. The second-order valence-corrected chi connectivity index (χ2v) is 85.3. The Balaban J connectivity index is 1.12. The summed E-state index contributed by atoms with van der Waals surface area (Å²) in [5.41, 5.74) is 28.0. The second kappa shape index (κ2) is 23.6. The third-order valence-electron chi connectivity index (χ3n) is 26.4. The van der Waals surface area contributed by atoms with Gasteiger partial charge in [0.25, 0.3) is 0 Å². The zero-order chi connectivity index (χ0) is 70.8. The number of benzene rings is 8. The first-order valence-corrected chi connectivity index (χ1v) is 58.5. The molecule has 514 valence electrons. The molecule has 6 aliphatic rings. The Labute approximate surface area is 615 Å². The first-order chi connectivity index (χ1) is 50.0. The monoisotopic (exact) mass is 1590 g/mol. The van der Waals surface area contributed by atoms with Crippen LogP contribution < -0.4 is 0 Å². The van der Waals surface area contributed by atoms with E-state index in [9.17, 15) is 17.2 Å². The van der Waals surface area contributed by atoms with Gasteiger partial charge in [0.2, 0.25) is 0 Å². The van der Waals surface area contributed by atoms with Gasteiger partial charge in [-0.15, -0.1) is 0 Å². The minimum absolute atomic E-state index is 0.797. The van der Waals surface area contributed by atoms with E-state index in [2.05, 4.69) is 311 Å². The van der Waals surface area contributed by atoms with E-state index in [4.69, 9.17) is 17.7 Å². The van der Waals surface area contributed by atoms with Crippen molar-refractivity contribution in [3.63, 3.8) is 0 Å². The molecule has 0 bridgehead atoms. The van der Waals surface area contributed by atoms with E-state index in [0.717, 1.165) is 187 Å². The minimum atomic E-state index is -8.79. The summed E-state index contributed by atoms with van der Waals surface area (Å²) < 4.78 is 25.6. The Morgan fingerprint density at radius 3 is 0.689 bits per heavy atom. The molecule has 2 saturated heterocycles. The van der Waals surface area contributed by atoms with Gasteiger partial charge in [0, 0.05) is 0 Å². The van der Waals surface area contributed by atoms with Crippen molar-refractivity contribution >= 4 is 81.3 Å². The van der Waals surface area contributed by atoms with Gasteiger partial charge in [0.15, 0.2) is 0 Å². The van der Waals surface area contributed by atoms with Gasteiger partial charge in [-0.1, -0.05) is 0 Å². The third kappa shape index (κ3) is 7.91. The van der Waals surface area contributed by atoms with Crippen LogP contribution in [0.4, 0.5) is 0 Å². The van der Waals surface area contributed by atoms with E-state index < -0.39 is 43.4 Å². The van der Waals surface area contributed by atoms with Gasteiger partial charge in [-0.05, 0) is 0 Å². The summed E-state index contributed by atoms with van der Waals surface area (Å²) in [6.07, 6.45) is 18.5. The number of allylic oxidation sites excluding steroid dienone is 4. The van der Waals surface area contributed by atoms with Crippen LogP contribution in [-0.4, -0.2) is 17.6 Å². The van der Waals surface area contributed by atoms with Crippen molar-refractivity contribution in [1.82, 2.24) is 0 Å². The number of furan rings is 4. The molecular formula is C94H88Cl2HfO4Si2. The molecule has 12 aromatic rings. The molecule has 4 nitrogen and oxygen atoms in total. The van der Waals surface area contributed by atoms with Crippen LogP contribution in [0.15, 0.2) is 236 Å². The van der Waals surface area contributed by atoms with Crippen LogP contribution in [0.3, 0.4) is 0 Å². The zero-order valence-electron chi connectivity index (χ0n) is 60.8. The first-order valence-electron chi connectivity index (χ1n) is 37.8. The average molecular weight is 1590 g/mol. The van der Waals surface area contributed by atoms with Gasteiger partial charge in [0.05, 0.1) is 0 Å². The van der Waals surface area contributed by atoms with E-state index >= 15 is 0 Å². The molecule has 4 atom stereocenters. The molecule has 5 spiro atoms. The van der Waals surface area contributed by atoms with Gasteiger partial charge in [-0.2, -0.15) is 0 Å². The van der Waals surface area contributed by atoms with E-state index in [-0.39, 0.29) is 0 Å². The molecule has 4 aromatic heterocycles. The Bertz CT molecular complexity index is 4940. The summed E-state index contributed by atoms with van der Waals surface area (Å²) in [6.45, 7) is 22.8. The molecule has 4 aliphatic carbocycles. The fourth-order valence-corrected chi connectivity index (χ4v) is 189. The van der Waals surface area contributed by atoms with Crippen molar-refractivity contribution in [2.45, 2.75) is 131 Å². The SMILES string of the molecule is CCCc1ccc(-c2cccc3c2C=C(c2ccc(C)o2)[C]32[SiH](C)[C]3(C(c4ccc(C)o4)=Cc4c(-c5ccc(CCC)cc5)cccc43)[Hf]23([Cl])([Cl])[C]2(C(c4ccc(C)o4)=Cc4c(-c5ccc(CCC)cc5)cccc42)[SiH](C)[C]32C(c3ccc(C)o3)=Cc3c(-c4ccc(CCC)cc4)cccc32)cc1. The van der Waals surface area contributed by atoms with Crippen molar-refractivity contribution in [3.8, 4) is 44.5 Å². The van der Waals surface area contributed by atoms with Crippen LogP contribution in [0.2, 0.25) is 13.1 Å². The summed E-state index contributed by atoms with van der Waals surface area (Å²) in [5.74, 6) is 6.47. The molecule has 0 saturated carbocycles. The Hall–Kier alpha value is -8.28. The third-order valence-corrected chi connectivity index (χ3v) is 141. The second-order valence-electron chi connectivity index (χ2n) is 31.0. The molecule has 0 radical (unpaired) electrons. The van der Waals surface area contributed by atoms with Crippen molar-refractivity contribution in [1.29, 1.82) is 0 Å². The van der Waals surface area contributed by atoms with Crippen molar-refractivity contribution in [2.75, 3.05) is 0 Å². The number of hydrogen-bond donors (Lipinski definition) is 0. The number of hydrogen-bond acceptors (Lipinski definition) is 4. The first kappa shape index (κ1) is 66.7. The molecule has 2 fully saturated rings. The molecule has 2 aliphatic heterocycles. The van der Waals surface area contributed by atoms with Crippen LogP contribution >= 0.6 is 17.2 Å². The van der Waals surface area contributed by atoms with Crippen molar-refractivity contribution in [2.24, 2.45) is 0 Å². The van der Waals surface area contributed by atoms with Crippen LogP contribution in [0.1, 0.15) is 166 Å². The molecule has 18 rings (SSSR count). The van der Waals surface area contributed by atoms with Crippen molar-refractivity contribution < 1.29 is 32.3 Å². The summed E-state index contributed by atoms with van der Waals surface area (Å²) in [6, 6.07) is 83.8. The van der Waals surface area contributed by atoms with Gasteiger partial charge in [-0.25, -0.2) is 0 Å². The predicted molar refractivity (Wildman–Crippen MR) is 433 cm³/mol. The average Bonchev–Trinajstić information content (AvgIpc) is 1.52. The van der Waals surface area contributed by atoms with Gasteiger partial charge >= 0.3 is 620 Å². The van der Waals surface area contributed by atoms with E-state index in [0.29, 0.717) is 0 Å². The van der Waals surface area contributed by atoms with Crippen LogP contribution in [-0.2, 0) is 51.5 Å². The Morgan fingerprint density at radius 2 is 0.505 bits per heavy atom. The maximum absolute atomic E-state index is 12.1. The van der Waals surface area contributed by atoms with Crippen molar-refractivity contribution in [3.05, 3.63) is 331 Å². The maximum atomic E-state index is 12.1. The van der Waals surface area contributed by atoms with Gasteiger partial charge in [0.1, 0.15) is 0 Å². The number of halogens is 2. The summed E-state index contributed by atoms with van der Waals surface area (Å²) in [7, 11) is 18.0. The molecule has 6 heterocycles. The fraction of sp³-hybridized carbons (Fsp3) is 0.234. The predicted octanol–water partition coefficient (Wildman–Crippen LogP) is 25.3.